The van der Waals surface area contributed by atoms with Crippen LogP contribution in [0.5, 0.6) is 0 Å². The first-order valence-corrected chi connectivity index (χ1v) is 9.55. The molecule has 0 aromatic heterocycles. The van der Waals surface area contributed by atoms with E-state index in [-0.39, 0.29) is 11.8 Å². The molecule has 0 aliphatic carbocycles. The number of carbonyl (C=O) groups excluding carboxylic acids is 2. The van der Waals surface area contributed by atoms with Gasteiger partial charge in [0.25, 0.3) is 0 Å². The number of urea groups is 1. The number of carbonyl (C=O) groups is 2. The van der Waals surface area contributed by atoms with E-state index in [1.807, 2.05) is 11.0 Å². The molecule has 2 aromatic carbocycles. The number of rotatable bonds is 6. The standard InChI is InChI=1S/C22H27N3O2/c1-18(26)20-9-11-21(12-10-20)23-22(27)25-16-14-24(15-17-25)13-5-8-19-6-3-2-4-7-19/h2-4,6-7,9-12H,5,8,13-17H2,1H3,(H,23,27). The summed E-state index contributed by atoms with van der Waals surface area (Å²) in [7, 11) is 0. The molecule has 0 spiro atoms. The zero-order valence-corrected chi connectivity index (χ0v) is 15.9. The molecule has 5 nitrogen and oxygen atoms in total. The highest BCUT2D eigenvalue weighted by Crippen LogP contribution is 2.12. The number of nitrogens with one attached hydrogen (secondary N) is 1. The van der Waals surface area contributed by atoms with Gasteiger partial charge in [-0.1, -0.05) is 30.3 Å². The number of benzene rings is 2. The zero-order valence-electron chi connectivity index (χ0n) is 15.9. The van der Waals surface area contributed by atoms with Crippen molar-refractivity contribution in [2.45, 2.75) is 19.8 Å². The van der Waals surface area contributed by atoms with Crippen molar-refractivity contribution < 1.29 is 9.59 Å². The van der Waals surface area contributed by atoms with Gasteiger partial charge in [-0.25, -0.2) is 4.79 Å². The van der Waals surface area contributed by atoms with Crippen molar-refractivity contribution in [3.05, 3.63) is 65.7 Å². The molecule has 1 heterocycles. The summed E-state index contributed by atoms with van der Waals surface area (Å²) >= 11 is 0. The second kappa shape index (κ2) is 9.33. The van der Waals surface area contributed by atoms with Gasteiger partial charge in [0.2, 0.25) is 0 Å². The first-order chi connectivity index (χ1) is 13.1. The van der Waals surface area contributed by atoms with Gasteiger partial charge < -0.3 is 10.2 Å². The lowest BCUT2D eigenvalue weighted by Crippen LogP contribution is -2.50. The molecule has 2 aromatic rings. The fraction of sp³-hybridized carbons (Fsp3) is 0.364. The van der Waals surface area contributed by atoms with Crippen LogP contribution in [0.4, 0.5) is 10.5 Å². The fourth-order valence-corrected chi connectivity index (χ4v) is 3.32. The lowest BCUT2D eigenvalue weighted by Gasteiger charge is -2.34. The number of aryl methyl sites for hydroxylation is 1. The van der Waals surface area contributed by atoms with E-state index in [9.17, 15) is 9.59 Å². The normalized spacial score (nSPS) is 14.8. The molecule has 5 heteroatoms. The van der Waals surface area contributed by atoms with Gasteiger partial charge in [-0.3, -0.25) is 9.69 Å². The highest BCUT2D eigenvalue weighted by Gasteiger charge is 2.20. The quantitative estimate of drug-likeness (QED) is 0.795. The molecule has 3 rings (SSSR count). The maximum Gasteiger partial charge on any atom is 0.321 e. The minimum absolute atomic E-state index is 0.0243. The maximum atomic E-state index is 12.4. The SMILES string of the molecule is CC(=O)c1ccc(NC(=O)N2CCN(CCCc3ccccc3)CC2)cc1. The summed E-state index contributed by atoms with van der Waals surface area (Å²) in [4.78, 5) is 28.0. The van der Waals surface area contributed by atoms with Gasteiger partial charge >= 0.3 is 6.03 Å². The summed E-state index contributed by atoms with van der Waals surface area (Å²) < 4.78 is 0. The smallest absolute Gasteiger partial charge is 0.321 e. The second-order valence-electron chi connectivity index (χ2n) is 6.98. The summed E-state index contributed by atoms with van der Waals surface area (Å²) in [5.41, 5.74) is 2.75. The molecule has 0 bridgehead atoms. The van der Waals surface area contributed by atoms with Gasteiger partial charge in [0, 0.05) is 37.4 Å². The molecule has 1 aliphatic heterocycles. The van der Waals surface area contributed by atoms with Gasteiger partial charge in [0.05, 0.1) is 0 Å². The summed E-state index contributed by atoms with van der Waals surface area (Å²) in [6.07, 6.45) is 2.23. The molecule has 1 aliphatic rings. The average Bonchev–Trinajstić information content (AvgIpc) is 2.70. The number of hydrogen-bond acceptors (Lipinski definition) is 3. The molecule has 2 amide bonds. The maximum absolute atomic E-state index is 12.4. The van der Waals surface area contributed by atoms with Crippen molar-refractivity contribution in [2.75, 3.05) is 38.0 Å². The molecule has 1 fully saturated rings. The molecular weight excluding hydrogens is 338 g/mol. The Balaban J connectivity index is 1.39. The molecule has 142 valence electrons. The minimum atomic E-state index is -0.0745. The Morgan fingerprint density at radius 3 is 2.22 bits per heavy atom. The molecular formula is C22H27N3O2. The molecule has 27 heavy (non-hydrogen) atoms. The Bertz CT molecular complexity index is 751. The van der Waals surface area contributed by atoms with E-state index in [1.54, 1.807) is 24.3 Å². The topological polar surface area (TPSA) is 52.7 Å². The number of ketones is 1. The van der Waals surface area contributed by atoms with Gasteiger partial charge in [0.15, 0.2) is 5.78 Å². The van der Waals surface area contributed by atoms with Crippen LogP contribution in [0.15, 0.2) is 54.6 Å². The Kier molecular flexibility index (Phi) is 6.60. The summed E-state index contributed by atoms with van der Waals surface area (Å²) in [5.74, 6) is 0.0243. The second-order valence-corrected chi connectivity index (χ2v) is 6.98. The lowest BCUT2D eigenvalue weighted by atomic mass is 10.1. The Labute approximate surface area is 161 Å². The average molecular weight is 365 g/mol. The van der Waals surface area contributed by atoms with Crippen LogP contribution in [0.3, 0.4) is 0 Å². The predicted octanol–water partition coefficient (Wildman–Crippen LogP) is 3.67. The van der Waals surface area contributed by atoms with Crippen molar-refractivity contribution in [2.24, 2.45) is 0 Å². The van der Waals surface area contributed by atoms with Crippen molar-refractivity contribution >= 4 is 17.5 Å². The van der Waals surface area contributed by atoms with Crippen molar-refractivity contribution in [1.82, 2.24) is 9.80 Å². The summed E-state index contributed by atoms with van der Waals surface area (Å²) in [6.45, 7) is 5.89. The molecule has 0 unspecified atom stereocenters. The first-order valence-electron chi connectivity index (χ1n) is 9.55. The van der Waals surface area contributed by atoms with E-state index >= 15 is 0 Å². The Morgan fingerprint density at radius 1 is 0.926 bits per heavy atom. The van der Waals surface area contributed by atoms with Gasteiger partial charge in [-0.15, -0.1) is 0 Å². The van der Waals surface area contributed by atoms with Crippen molar-refractivity contribution in [3.8, 4) is 0 Å². The van der Waals surface area contributed by atoms with E-state index in [1.165, 1.54) is 12.5 Å². The molecule has 1 N–H and O–H groups in total. The van der Waals surface area contributed by atoms with Crippen LogP contribution < -0.4 is 5.32 Å². The van der Waals surface area contributed by atoms with Crippen LogP contribution in [0.2, 0.25) is 0 Å². The molecule has 0 atom stereocenters. The zero-order chi connectivity index (χ0) is 19.1. The van der Waals surface area contributed by atoms with Crippen molar-refractivity contribution in [3.63, 3.8) is 0 Å². The largest absolute Gasteiger partial charge is 0.322 e. The van der Waals surface area contributed by atoms with Gasteiger partial charge in [-0.2, -0.15) is 0 Å². The highest BCUT2D eigenvalue weighted by atomic mass is 16.2. The van der Waals surface area contributed by atoms with Gasteiger partial charge in [-0.05, 0) is 56.1 Å². The third-order valence-electron chi connectivity index (χ3n) is 4.98. The predicted molar refractivity (Wildman–Crippen MR) is 108 cm³/mol. The first kappa shape index (κ1) is 19.1. The summed E-state index contributed by atoms with van der Waals surface area (Å²) in [5, 5.41) is 2.91. The number of hydrogen-bond donors (Lipinski definition) is 1. The van der Waals surface area contributed by atoms with Crippen LogP contribution in [0.25, 0.3) is 0 Å². The molecule has 1 saturated heterocycles. The number of nitrogens with zero attached hydrogens (tertiary/aromatic N) is 2. The van der Waals surface area contributed by atoms with E-state index < -0.39 is 0 Å². The van der Waals surface area contributed by atoms with Crippen LogP contribution >= 0.6 is 0 Å². The number of Topliss-reactive ketones (excluding diaryl/α,β-unsaturated/α-hetero) is 1. The third-order valence-corrected chi connectivity index (χ3v) is 4.98. The monoisotopic (exact) mass is 365 g/mol. The number of amides is 2. The fourth-order valence-electron chi connectivity index (χ4n) is 3.32. The van der Waals surface area contributed by atoms with Crippen LogP contribution in [-0.2, 0) is 6.42 Å². The lowest BCUT2D eigenvalue weighted by molar-refractivity contribution is 0.101. The Morgan fingerprint density at radius 2 is 1.59 bits per heavy atom. The van der Waals surface area contributed by atoms with Crippen LogP contribution in [-0.4, -0.2) is 54.3 Å². The third kappa shape index (κ3) is 5.66. The van der Waals surface area contributed by atoms with E-state index in [2.05, 4.69) is 34.5 Å². The molecule has 0 saturated carbocycles. The van der Waals surface area contributed by atoms with E-state index in [0.717, 1.165) is 51.3 Å². The number of anilines is 1. The van der Waals surface area contributed by atoms with Crippen molar-refractivity contribution in [1.29, 1.82) is 0 Å². The summed E-state index contributed by atoms with van der Waals surface area (Å²) in [6, 6.07) is 17.5. The van der Waals surface area contributed by atoms with E-state index in [4.69, 9.17) is 0 Å². The minimum Gasteiger partial charge on any atom is -0.322 e. The van der Waals surface area contributed by atoms with Crippen LogP contribution in [0, 0.1) is 0 Å². The molecule has 0 radical (unpaired) electrons. The Hall–Kier alpha value is -2.66. The van der Waals surface area contributed by atoms with Crippen LogP contribution in [0.1, 0.15) is 29.3 Å². The number of piperazine rings is 1. The van der Waals surface area contributed by atoms with Gasteiger partial charge in [0.1, 0.15) is 0 Å². The van der Waals surface area contributed by atoms with E-state index in [0.29, 0.717) is 5.56 Å². The highest BCUT2D eigenvalue weighted by molar-refractivity contribution is 5.95.